The van der Waals surface area contributed by atoms with Crippen molar-refractivity contribution in [3.05, 3.63) is 29.7 Å². The lowest BCUT2D eigenvalue weighted by Gasteiger charge is -2.43. The fourth-order valence-electron chi connectivity index (χ4n) is 5.95. The van der Waals surface area contributed by atoms with E-state index in [4.69, 9.17) is 0 Å². The van der Waals surface area contributed by atoms with E-state index in [1.807, 2.05) is 6.08 Å². The van der Waals surface area contributed by atoms with E-state index in [1.54, 1.807) is 0 Å². The zero-order valence-corrected chi connectivity index (χ0v) is 20.9. The molecule has 8 heteroatoms. The van der Waals surface area contributed by atoms with Crippen molar-refractivity contribution in [2.45, 2.75) is 50.6 Å². The standard InChI is InChI=1S/C26H41N7O/c1-30-12-7-21(8-13-30)32-14-9-20(10-15-32)31(2)17-18-33-16-11-27-26-24(33)19-23(28-29-26)22-5-3-4-6-25(22)34/h5-6,19-21,34H,3-4,7-18H2,1-2H3,(H,27,29). The van der Waals surface area contributed by atoms with Gasteiger partial charge in [0.05, 0.1) is 11.4 Å². The van der Waals surface area contributed by atoms with Gasteiger partial charge < -0.3 is 30.0 Å². The van der Waals surface area contributed by atoms with Gasteiger partial charge in [-0.2, -0.15) is 0 Å². The van der Waals surface area contributed by atoms with Crippen LogP contribution in [0, 0.1) is 0 Å². The van der Waals surface area contributed by atoms with Gasteiger partial charge >= 0.3 is 0 Å². The van der Waals surface area contributed by atoms with E-state index in [2.05, 4.69) is 61.4 Å². The fraction of sp³-hybridized carbons (Fsp3) is 0.692. The summed E-state index contributed by atoms with van der Waals surface area (Å²) in [5, 5.41) is 22.5. The van der Waals surface area contributed by atoms with E-state index in [0.717, 1.165) is 67.8 Å². The van der Waals surface area contributed by atoms with Crippen LogP contribution >= 0.6 is 0 Å². The Hall–Kier alpha value is -2.16. The Morgan fingerprint density at radius 1 is 1.03 bits per heavy atom. The monoisotopic (exact) mass is 467 g/mol. The second kappa shape index (κ2) is 10.6. The first-order valence-corrected chi connectivity index (χ1v) is 13.2. The minimum Gasteiger partial charge on any atom is -0.508 e. The molecule has 0 spiro atoms. The maximum atomic E-state index is 10.3. The molecule has 5 rings (SSSR count). The number of piperidine rings is 2. The molecule has 186 valence electrons. The lowest BCUT2D eigenvalue weighted by atomic mass is 9.97. The van der Waals surface area contributed by atoms with Crippen LogP contribution in [0.3, 0.4) is 0 Å². The third-order valence-electron chi connectivity index (χ3n) is 8.24. The molecule has 0 amide bonds. The van der Waals surface area contributed by atoms with Crippen LogP contribution in [-0.2, 0) is 0 Å². The molecule has 3 aliphatic heterocycles. The Labute approximate surface area is 204 Å². The summed E-state index contributed by atoms with van der Waals surface area (Å²) < 4.78 is 0. The van der Waals surface area contributed by atoms with Crippen LogP contribution in [-0.4, -0.2) is 109 Å². The number of fused-ring (bicyclic) bond motifs is 1. The topological polar surface area (TPSA) is 71.0 Å². The average molecular weight is 468 g/mol. The summed E-state index contributed by atoms with van der Waals surface area (Å²) in [6, 6.07) is 3.56. The molecule has 8 nitrogen and oxygen atoms in total. The number of hydrogen-bond donors (Lipinski definition) is 2. The first-order valence-electron chi connectivity index (χ1n) is 13.2. The summed E-state index contributed by atoms with van der Waals surface area (Å²) in [6.07, 6.45) is 11.0. The fourth-order valence-corrected chi connectivity index (χ4v) is 5.95. The number of aliphatic hydroxyl groups excluding tert-OH is 1. The summed E-state index contributed by atoms with van der Waals surface area (Å²) in [5.41, 5.74) is 2.66. The van der Waals surface area contributed by atoms with Crippen LogP contribution in [0.4, 0.5) is 11.5 Å². The molecule has 34 heavy (non-hydrogen) atoms. The Morgan fingerprint density at radius 3 is 2.56 bits per heavy atom. The summed E-state index contributed by atoms with van der Waals surface area (Å²) >= 11 is 0. The number of nitrogens with zero attached hydrogens (tertiary/aromatic N) is 6. The number of rotatable bonds is 6. The van der Waals surface area contributed by atoms with Crippen LogP contribution in [0.15, 0.2) is 24.0 Å². The van der Waals surface area contributed by atoms with Gasteiger partial charge in [-0.15, -0.1) is 10.2 Å². The van der Waals surface area contributed by atoms with Crippen LogP contribution in [0.25, 0.3) is 5.57 Å². The predicted molar refractivity (Wildman–Crippen MR) is 138 cm³/mol. The van der Waals surface area contributed by atoms with E-state index >= 15 is 0 Å². The zero-order chi connectivity index (χ0) is 23.5. The summed E-state index contributed by atoms with van der Waals surface area (Å²) in [6.45, 7) is 8.84. The highest BCUT2D eigenvalue weighted by atomic mass is 16.3. The Morgan fingerprint density at radius 2 is 1.79 bits per heavy atom. The molecule has 2 saturated heterocycles. The number of aliphatic hydroxyl groups is 1. The van der Waals surface area contributed by atoms with Gasteiger partial charge in [-0.25, -0.2) is 0 Å². The summed E-state index contributed by atoms with van der Waals surface area (Å²) in [4.78, 5) is 10.2. The van der Waals surface area contributed by atoms with Crippen LogP contribution in [0.1, 0.15) is 44.2 Å². The van der Waals surface area contributed by atoms with Gasteiger partial charge in [0.25, 0.3) is 0 Å². The third-order valence-corrected chi connectivity index (χ3v) is 8.24. The second-order valence-electron chi connectivity index (χ2n) is 10.4. The number of anilines is 2. The van der Waals surface area contributed by atoms with Crippen molar-refractivity contribution in [3.63, 3.8) is 0 Å². The molecular formula is C26H41N7O. The Kier molecular flexibility index (Phi) is 7.37. The first kappa shape index (κ1) is 23.6. The SMILES string of the molecule is CN1CCC(N2CCC(N(C)CCN3CCNc4nnc(C5=CCCC=C5O)cc43)CC2)CC1. The van der Waals surface area contributed by atoms with Gasteiger partial charge in [0.1, 0.15) is 5.76 Å². The molecule has 4 heterocycles. The van der Waals surface area contributed by atoms with Gasteiger partial charge in [0.15, 0.2) is 5.82 Å². The molecular weight excluding hydrogens is 426 g/mol. The number of nitrogens with one attached hydrogen (secondary N) is 1. The van der Waals surface area contributed by atoms with Crippen molar-refractivity contribution in [1.82, 2.24) is 24.9 Å². The molecule has 0 unspecified atom stereocenters. The van der Waals surface area contributed by atoms with Gasteiger partial charge in [0.2, 0.25) is 0 Å². The van der Waals surface area contributed by atoms with Gasteiger partial charge in [0, 0.05) is 43.8 Å². The zero-order valence-electron chi connectivity index (χ0n) is 20.9. The lowest BCUT2D eigenvalue weighted by Crippen LogP contribution is -2.51. The van der Waals surface area contributed by atoms with Crippen LogP contribution in [0.5, 0.6) is 0 Å². The molecule has 4 aliphatic rings. The predicted octanol–water partition coefficient (Wildman–Crippen LogP) is 2.82. The molecule has 1 aromatic heterocycles. The van der Waals surface area contributed by atoms with Crippen molar-refractivity contribution in [3.8, 4) is 0 Å². The van der Waals surface area contributed by atoms with Gasteiger partial charge in [-0.05, 0) is 90.9 Å². The molecule has 0 saturated carbocycles. The Balaban J connectivity index is 1.16. The third kappa shape index (κ3) is 5.24. The van der Waals surface area contributed by atoms with Crippen molar-refractivity contribution in [2.24, 2.45) is 0 Å². The number of likely N-dealkylation sites (tertiary alicyclic amines) is 2. The quantitative estimate of drug-likeness (QED) is 0.662. The largest absolute Gasteiger partial charge is 0.508 e. The highest BCUT2D eigenvalue weighted by molar-refractivity contribution is 5.79. The molecule has 0 aromatic carbocycles. The Bertz CT molecular complexity index is 900. The number of aromatic nitrogens is 2. The van der Waals surface area contributed by atoms with E-state index in [-0.39, 0.29) is 0 Å². The molecule has 2 N–H and O–H groups in total. The first-order chi connectivity index (χ1) is 16.6. The van der Waals surface area contributed by atoms with E-state index in [0.29, 0.717) is 11.8 Å². The molecule has 0 atom stereocenters. The summed E-state index contributed by atoms with van der Waals surface area (Å²) in [7, 11) is 4.54. The smallest absolute Gasteiger partial charge is 0.172 e. The number of likely N-dealkylation sites (N-methyl/N-ethyl adjacent to an activating group) is 1. The van der Waals surface area contributed by atoms with Crippen molar-refractivity contribution in [1.29, 1.82) is 0 Å². The number of hydrogen-bond acceptors (Lipinski definition) is 8. The van der Waals surface area contributed by atoms with E-state index in [9.17, 15) is 5.11 Å². The molecule has 0 radical (unpaired) electrons. The lowest BCUT2D eigenvalue weighted by molar-refractivity contribution is 0.0680. The maximum Gasteiger partial charge on any atom is 0.172 e. The van der Waals surface area contributed by atoms with Crippen LogP contribution in [0.2, 0.25) is 0 Å². The average Bonchev–Trinajstić information content (AvgIpc) is 2.88. The molecule has 1 aliphatic carbocycles. The van der Waals surface area contributed by atoms with E-state index in [1.165, 1.54) is 51.9 Å². The van der Waals surface area contributed by atoms with Crippen molar-refractivity contribution < 1.29 is 5.11 Å². The molecule has 2 fully saturated rings. The summed E-state index contributed by atoms with van der Waals surface area (Å²) in [5.74, 6) is 1.17. The van der Waals surface area contributed by atoms with Crippen molar-refractivity contribution >= 4 is 17.1 Å². The van der Waals surface area contributed by atoms with Gasteiger partial charge in [-0.1, -0.05) is 6.08 Å². The second-order valence-corrected chi connectivity index (χ2v) is 10.4. The minimum atomic E-state index is 0.321. The molecule has 0 bridgehead atoms. The normalized spacial score (nSPS) is 23.4. The van der Waals surface area contributed by atoms with Crippen LogP contribution < -0.4 is 10.2 Å². The highest BCUT2D eigenvalue weighted by Crippen LogP contribution is 2.32. The van der Waals surface area contributed by atoms with Crippen molar-refractivity contribution in [2.75, 3.05) is 76.7 Å². The maximum absolute atomic E-state index is 10.3. The highest BCUT2D eigenvalue weighted by Gasteiger charge is 2.29. The molecule has 1 aromatic rings. The van der Waals surface area contributed by atoms with E-state index < -0.39 is 0 Å². The van der Waals surface area contributed by atoms with Gasteiger partial charge in [-0.3, -0.25) is 0 Å². The minimum absolute atomic E-state index is 0.321. The number of allylic oxidation sites excluding steroid dienone is 3.